The minimum Gasteiger partial charge on any atom is -0.497 e. The maximum atomic E-state index is 11.4. The fourth-order valence-corrected chi connectivity index (χ4v) is 2.97. The van der Waals surface area contributed by atoms with Gasteiger partial charge in [0, 0.05) is 0 Å². The molecular weight excluding hydrogens is 316 g/mol. The zero-order valence-electron chi connectivity index (χ0n) is 14.6. The highest BCUT2D eigenvalue weighted by Gasteiger charge is 2.36. The van der Waals surface area contributed by atoms with Crippen molar-refractivity contribution in [1.82, 2.24) is 10.2 Å². The number of aromatic amines is 1. The molecule has 0 spiro atoms. The van der Waals surface area contributed by atoms with E-state index in [4.69, 9.17) is 9.47 Å². The third-order valence-electron chi connectivity index (χ3n) is 4.37. The Hall–Kier alpha value is -2.79. The van der Waals surface area contributed by atoms with E-state index in [2.05, 4.69) is 10.2 Å². The molecule has 0 amide bonds. The molecule has 2 aromatic carbocycles. The summed E-state index contributed by atoms with van der Waals surface area (Å²) in [5.41, 5.74) is 0.982. The minimum absolute atomic E-state index is 0.441. The lowest BCUT2D eigenvalue weighted by Gasteiger charge is -2.28. The quantitative estimate of drug-likeness (QED) is 0.708. The third-order valence-corrected chi connectivity index (χ3v) is 4.37. The fraction of sp³-hybridized carbons (Fsp3) is 0.250. The lowest BCUT2D eigenvalue weighted by atomic mass is 9.84. The first-order chi connectivity index (χ1) is 12.1. The average Bonchev–Trinajstić information content (AvgIpc) is 3.03. The van der Waals surface area contributed by atoms with Gasteiger partial charge >= 0.3 is 0 Å². The van der Waals surface area contributed by atoms with Crippen LogP contribution in [0.15, 0.2) is 54.6 Å². The first kappa shape index (κ1) is 17.0. The molecular formula is C20H22N2O3. The van der Waals surface area contributed by atoms with E-state index >= 15 is 0 Å². The van der Waals surface area contributed by atoms with Crippen molar-refractivity contribution in [2.45, 2.75) is 25.9 Å². The predicted molar refractivity (Wildman–Crippen MR) is 96.1 cm³/mol. The SMILES string of the molecule is CCC(O)(c1ccccc1)c1c(C)n[nH]c1Oc1ccc(OC)cc1. The molecule has 1 aromatic heterocycles. The van der Waals surface area contributed by atoms with Gasteiger partial charge in [0.1, 0.15) is 17.1 Å². The smallest absolute Gasteiger partial charge is 0.221 e. The highest BCUT2D eigenvalue weighted by molar-refractivity contribution is 5.45. The first-order valence-electron chi connectivity index (χ1n) is 8.23. The van der Waals surface area contributed by atoms with Gasteiger partial charge in [-0.15, -0.1) is 0 Å². The summed E-state index contributed by atoms with van der Waals surface area (Å²) >= 11 is 0. The van der Waals surface area contributed by atoms with Crippen LogP contribution in [0.4, 0.5) is 0 Å². The molecule has 2 N–H and O–H groups in total. The number of aromatic nitrogens is 2. The van der Waals surface area contributed by atoms with E-state index in [9.17, 15) is 5.11 Å². The Kier molecular flexibility index (Phi) is 4.76. The Balaban J connectivity index is 2.00. The number of rotatable bonds is 6. The minimum atomic E-state index is -1.18. The van der Waals surface area contributed by atoms with Gasteiger partial charge in [-0.2, -0.15) is 5.10 Å². The van der Waals surface area contributed by atoms with Gasteiger partial charge in [0.15, 0.2) is 0 Å². The van der Waals surface area contributed by atoms with E-state index in [-0.39, 0.29) is 0 Å². The summed E-state index contributed by atoms with van der Waals surface area (Å²) in [5.74, 6) is 1.83. The summed E-state index contributed by atoms with van der Waals surface area (Å²) in [6, 6.07) is 16.8. The standard InChI is InChI=1S/C20H22N2O3/c1-4-20(23,15-8-6-5-7-9-15)18-14(2)21-22-19(18)25-17-12-10-16(24-3)11-13-17/h5-13,23H,4H2,1-3H3,(H,21,22). The van der Waals surface area contributed by atoms with Crippen LogP contribution in [-0.4, -0.2) is 22.4 Å². The second-order valence-electron chi connectivity index (χ2n) is 5.87. The Bertz CT molecular complexity index is 828. The Morgan fingerprint density at radius 2 is 1.68 bits per heavy atom. The van der Waals surface area contributed by atoms with E-state index in [1.165, 1.54) is 0 Å². The topological polar surface area (TPSA) is 67.4 Å². The van der Waals surface area contributed by atoms with E-state index in [1.54, 1.807) is 7.11 Å². The molecule has 0 aliphatic carbocycles. The molecule has 1 unspecified atom stereocenters. The molecule has 0 bridgehead atoms. The zero-order valence-corrected chi connectivity index (χ0v) is 14.6. The monoisotopic (exact) mass is 338 g/mol. The van der Waals surface area contributed by atoms with Crippen LogP contribution in [0, 0.1) is 6.92 Å². The predicted octanol–water partition coefficient (Wildman–Crippen LogP) is 4.16. The highest BCUT2D eigenvalue weighted by atomic mass is 16.5. The van der Waals surface area contributed by atoms with Crippen molar-refractivity contribution in [3.05, 3.63) is 71.4 Å². The first-order valence-corrected chi connectivity index (χ1v) is 8.23. The summed E-state index contributed by atoms with van der Waals surface area (Å²) in [6.07, 6.45) is 0.496. The number of nitrogens with zero attached hydrogens (tertiary/aromatic N) is 1. The number of hydrogen-bond donors (Lipinski definition) is 2. The molecule has 0 saturated heterocycles. The molecule has 0 aliphatic heterocycles. The summed E-state index contributed by atoms with van der Waals surface area (Å²) in [6.45, 7) is 3.80. The molecule has 130 valence electrons. The van der Waals surface area contributed by atoms with Crippen molar-refractivity contribution in [2.24, 2.45) is 0 Å². The molecule has 5 heteroatoms. The van der Waals surface area contributed by atoms with Crippen molar-refractivity contribution in [3.8, 4) is 17.4 Å². The normalized spacial score (nSPS) is 13.3. The number of benzene rings is 2. The van der Waals surface area contributed by atoms with Gasteiger partial charge in [0.05, 0.1) is 18.4 Å². The molecule has 25 heavy (non-hydrogen) atoms. The second kappa shape index (κ2) is 6.99. The second-order valence-corrected chi connectivity index (χ2v) is 5.87. The van der Waals surface area contributed by atoms with Crippen LogP contribution in [0.1, 0.15) is 30.2 Å². The molecule has 3 aromatic rings. The summed E-state index contributed by atoms with van der Waals surface area (Å²) in [4.78, 5) is 0. The van der Waals surface area contributed by atoms with Crippen LogP contribution in [-0.2, 0) is 5.60 Å². The van der Waals surface area contributed by atoms with E-state index < -0.39 is 5.60 Å². The van der Waals surface area contributed by atoms with Crippen LogP contribution >= 0.6 is 0 Å². The molecule has 0 saturated carbocycles. The Labute approximate surface area is 147 Å². The van der Waals surface area contributed by atoms with Crippen LogP contribution in [0.2, 0.25) is 0 Å². The molecule has 3 rings (SSSR count). The van der Waals surface area contributed by atoms with E-state index in [1.807, 2.05) is 68.4 Å². The molecule has 0 fully saturated rings. The molecule has 0 aliphatic rings. The average molecular weight is 338 g/mol. The van der Waals surface area contributed by atoms with Crippen LogP contribution in [0.3, 0.4) is 0 Å². The Morgan fingerprint density at radius 3 is 2.28 bits per heavy atom. The maximum Gasteiger partial charge on any atom is 0.221 e. The number of nitrogens with one attached hydrogen (secondary N) is 1. The lowest BCUT2D eigenvalue weighted by Crippen LogP contribution is -2.27. The van der Waals surface area contributed by atoms with Gasteiger partial charge in [-0.25, -0.2) is 5.10 Å². The Morgan fingerprint density at radius 1 is 1.04 bits per heavy atom. The largest absolute Gasteiger partial charge is 0.497 e. The van der Waals surface area contributed by atoms with Crippen LogP contribution < -0.4 is 9.47 Å². The maximum absolute atomic E-state index is 11.4. The highest BCUT2D eigenvalue weighted by Crippen LogP contribution is 2.40. The van der Waals surface area contributed by atoms with Crippen LogP contribution in [0.25, 0.3) is 0 Å². The molecule has 5 nitrogen and oxygen atoms in total. The fourth-order valence-electron chi connectivity index (χ4n) is 2.97. The van der Waals surface area contributed by atoms with Crippen LogP contribution in [0.5, 0.6) is 17.4 Å². The van der Waals surface area contributed by atoms with Gasteiger partial charge in [-0.3, -0.25) is 0 Å². The lowest BCUT2D eigenvalue weighted by molar-refractivity contribution is 0.0736. The summed E-state index contributed by atoms with van der Waals surface area (Å²) in [5, 5.41) is 18.6. The van der Waals surface area contributed by atoms with Gasteiger partial charge in [0.2, 0.25) is 5.88 Å². The summed E-state index contributed by atoms with van der Waals surface area (Å²) < 4.78 is 11.1. The number of aliphatic hydroxyl groups is 1. The van der Waals surface area contributed by atoms with Crippen molar-refractivity contribution < 1.29 is 14.6 Å². The van der Waals surface area contributed by atoms with Gasteiger partial charge in [0.25, 0.3) is 0 Å². The van der Waals surface area contributed by atoms with Crippen molar-refractivity contribution >= 4 is 0 Å². The number of methoxy groups -OCH3 is 1. The van der Waals surface area contributed by atoms with Crippen molar-refractivity contribution in [1.29, 1.82) is 0 Å². The van der Waals surface area contributed by atoms with Crippen molar-refractivity contribution in [2.75, 3.05) is 7.11 Å². The van der Waals surface area contributed by atoms with Crippen molar-refractivity contribution in [3.63, 3.8) is 0 Å². The molecule has 1 heterocycles. The molecule has 1 atom stereocenters. The van der Waals surface area contributed by atoms with E-state index in [0.717, 1.165) is 11.3 Å². The van der Waals surface area contributed by atoms with Gasteiger partial charge in [-0.1, -0.05) is 37.3 Å². The van der Waals surface area contributed by atoms with Gasteiger partial charge in [-0.05, 0) is 43.2 Å². The molecule has 0 radical (unpaired) electrons. The zero-order chi connectivity index (χ0) is 17.9. The number of H-pyrrole nitrogens is 1. The van der Waals surface area contributed by atoms with Gasteiger partial charge < -0.3 is 14.6 Å². The number of ether oxygens (including phenoxy) is 2. The third kappa shape index (κ3) is 3.23. The van der Waals surface area contributed by atoms with E-state index in [0.29, 0.717) is 29.3 Å². The number of aryl methyl sites for hydroxylation is 1. The number of hydrogen-bond acceptors (Lipinski definition) is 4. The summed E-state index contributed by atoms with van der Waals surface area (Å²) in [7, 11) is 1.62.